The lowest BCUT2D eigenvalue weighted by atomic mass is 9.91. The molecule has 0 saturated heterocycles. The van der Waals surface area contributed by atoms with Crippen LogP contribution in [0.25, 0.3) is 0 Å². The van der Waals surface area contributed by atoms with Gasteiger partial charge in [0, 0.05) is 20.2 Å². The summed E-state index contributed by atoms with van der Waals surface area (Å²) in [5.41, 5.74) is 2.66. The number of benzene rings is 1. The third-order valence-electron chi connectivity index (χ3n) is 3.64. The van der Waals surface area contributed by atoms with Crippen LogP contribution < -0.4 is 5.32 Å². The maximum Gasteiger partial charge on any atom is 0.318 e. The molecule has 0 fully saturated rings. The van der Waals surface area contributed by atoms with Gasteiger partial charge in [-0.25, -0.2) is 4.79 Å². The lowest BCUT2D eigenvalue weighted by Crippen LogP contribution is -2.46. The number of nitrogens with one attached hydrogen (secondary N) is 1. The van der Waals surface area contributed by atoms with Crippen LogP contribution >= 0.6 is 0 Å². The summed E-state index contributed by atoms with van der Waals surface area (Å²) < 4.78 is 4.96. The molecule has 1 N–H and O–H groups in total. The Morgan fingerprint density at radius 2 is 2.26 bits per heavy atom. The normalized spacial score (nSPS) is 18.0. The Hall–Kier alpha value is -1.55. The van der Waals surface area contributed by atoms with E-state index in [9.17, 15) is 4.79 Å². The van der Waals surface area contributed by atoms with Crippen molar-refractivity contribution >= 4 is 6.03 Å². The molecule has 4 heteroatoms. The molecule has 1 aromatic carbocycles. The van der Waals surface area contributed by atoms with Crippen molar-refractivity contribution in [3.05, 3.63) is 35.4 Å². The number of rotatable bonds is 4. The molecule has 0 aromatic heterocycles. The second-order valence-electron chi connectivity index (χ2n) is 4.79. The fourth-order valence-electron chi connectivity index (χ4n) is 2.70. The van der Waals surface area contributed by atoms with Gasteiger partial charge in [-0.3, -0.25) is 0 Å². The van der Waals surface area contributed by atoms with Crippen molar-refractivity contribution in [2.75, 3.05) is 26.8 Å². The molecule has 2 rings (SSSR count). The van der Waals surface area contributed by atoms with Crippen molar-refractivity contribution in [3.63, 3.8) is 0 Å². The van der Waals surface area contributed by atoms with Crippen molar-refractivity contribution in [3.8, 4) is 0 Å². The van der Waals surface area contributed by atoms with Gasteiger partial charge in [0.2, 0.25) is 0 Å². The van der Waals surface area contributed by atoms with Gasteiger partial charge < -0.3 is 15.0 Å². The second-order valence-corrected chi connectivity index (χ2v) is 4.79. The predicted molar refractivity (Wildman–Crippen MR) is 75.2 cm³/mol. The molecule has 0 radical (unpaired) electrons. The number of fused-ring (bicyclic) bond motifs is 1. The minimum absolute atomic E-state index is 0.0124. The summed E-state index contributed by atoms with van der Waals surface area (Å²) in [5.74, 6) is 0. The smallest absolute Gasteiger partial charge is 0.318 e. The monoisotopic (exact) mass is 262 g/mol. The first-order chi connectivity index (χ1) is 9.27. The average molecular weight is 262 g/mol. The molecule has 4 nitrogen and oxygen atoms in total. The SMILES string of the molecule is CCC1c2ccccc2CCN1C(=O)NCCOC. The lowest BCUT2D eigenvalue weighted by molar-refractivity contribution is 0.158. The first-order valence-corrected chi connectivity index (χ1v) is 6.89. The van der Waals surface area contributed by atoms with E-state index < -0.39 is 0 Å². The number of ether oxygens (including phenoxy) is 1. The van der Waals surface area contributed by atoms with E-state index in [2.05, 4.69) is 30.4 Å². The topological polar surface area (TPSA) is 41.6 Å². The summed E-state index contributed by atoms with van der Waals surface area (Å²) in [6.07, 6.45) is 1.87. The quantitative estimate of drug-likeness (QED) is 0.846. The zero-order valence-electron chi connectivity index (χ0n) is 11.7. The zero-order valence-corrected chi connectivity index (χ0v) is 11.7. The Labute approximate surface area is 114 Å². The maximum atomic E-state index is 12.2. The fraction of sp³-hybridized carbons (Fsp3) is 0.533. The first-order valence-electron chi connectivity index (χ1n) is 6.89. The Morgan fingerprint density at radius 3 is 3.00 bits per heavy atom. The van der Waals surface area contributed by atoms with Crippen LogP contribution in [0.15, 0.2) is 24.3 Å². The minimum Gasteiger partial charge on any atom is -0.383 e. The van der Waals surface area contributed by atoms with Gasteiger partial charge in [-0.2, -0.15) is 0 Å². The molecular formula is C15H22N2O2. The standard InChI is InChI=1S/C15H22N2O2/c1-3-14-13-7-5-4-6-12(13)8-10-17(14)15(18)16-9-11-19-2/h4-7,14H,3,8-11H2,1-2H3,(H,16,18). The largest absolute Gasteiger partial charge is 0.383 e. The van der Waals surface area contributed by atoms with Crippen LogP contribution in [0, 0.1) is 0 Å². The minimum atomic E-state index is 0.0124. The van der Waals surface area contributed by atoms with Crippen molar-refractivity contribution in [1.82, 2.24) is 10.2 Å². The van der Waals surface area contributed by atoms with Gasteiger partial charge in [-0.05, 0) is 24.0 Å². The average Bonchev–Trinajstić information content (AvgIpc) is 2.46. The molecule has 1 heterocycles. The number of hydrogen-bond acceptors (Lipinski definition) is 2. The Balaban J connectivity index is 2.09. The van der Waals surface area contributed by atoms with E-state index in [1.807, 2.05) is 11.0 Å². The predicted octanol–water partition coefficient (Wildman–Crippen LogP) is 2.35. The molecule has 0 aliphatic carbocycles. The molecule has 0 spiro atoms. The number of hydrogen-bond donors (Lipinski definition) is 1. The first kappa shape index (κ1) is 13.9. The molecule has 2 amide bonds. The summed E-state index contributed by atoms with van der Waals surface area (Å²) in [6, 6.07) is 8.62. The molecule has 1 unspecified atom stereocenters. The van der Waals surface area contributed by atoms with Gasteiger partial charge in [-0.15, -0.1) is 0 Å². The molecule has 1 aliphatic rings. The van der Waals surface area contributed by atoms with Crippen molar-refractivity contribution in [2.24, 2.45) is 0 Å². The van der Waals surface area contributed by atoms with Crippen LogP contribution in [0.4, 0.5) is 4.79 Å². The van der Waals surface area contributed by atoms with E-state index in [1.165, 1.54) is 11.1 Å². The van der Waals surface area contributed by atoms with Crippen LogP contribution in [0.1, 0.15) is 30.5 Å². The zero-order chi connectivity index (χ0) is 13.7. The molecule has 0 saturated carbocycles. The Bertz CT molecular complexity index is 434. The van der Waals surface area contributed by atoms with Crippen LogP contribution in [0.3, 0.4) is 0 Å². The van der Waals surface area contributed by atoms with E-state index in [4.69, 9.17) is 4.74 Å². The van der Waals surface area contributed by atoms with Gasteiger partial charge in [0.1, 0.15) is 0 Å². The molecule has 1 aliphatic heterocycles. The molecule has 19 heavy (non-hydrogen) atoms. The van der Waals surface area contributed by atoms with Crippen molar-refractivity contribution in [2.45, 2.75) is 25.8 Å². The van der Waals surface area contributed by atoms with Crippen molar-refractivity contribution in [1.29, 1.82) is 0 Å². The molecule has 0 bridgehead atoms. The Morgan fingerprint density at radius 1 is 1.47 bits per heavy atom. The third-order valence-corrected chi connectivity index (χ3v) is 3.64. The summed E-state index contributed by atoms with van der Waals surface area (Å²) in [4.78, 5) is 14.2. The van der Waals surface area contributed by atoms with E-state index in [0.717, 1.165) is 19.4 Å². The third kappa shape index (κ3) is 3.07. The van der Waals surface area contributed by atoms with E-state index in [1.54, 1.807) is 7.11 Å². The highest BCUT2D eigenvalue weighted by molar-refractivity contribution is 5.75. The van der Waals surface area contributed by atoms with Crippen molar-refractivity contribution < 1.29 is 9.53 Å². The van der Waals surface area contributed by atoms with Crippen LogP contribution in [-0.2, 0) is 11.2 Å². The van der Waals surface area contributed by atoms with Gasteiger partial charge in [0.25, 0.3) is 0 Å². The van der Waals surface area contributed by atoms with Gasteiger partial charge in [0.05, 0.1) is 12.6 Å². The van der Waals surface area contributed by atoms with Crippen LogP contribution in [0.5, 0.6) is 0 Å². The number of urea groups is 1. The van der Waals surface area contributed by atoms with E-state index in [-0.39, 0.29) is 12.1 Å². The lowest BCUT2D eigenvalue weighted by Gasteiger charge is -2.36. The molecular weight excluding hydrogens is 240 g/mol. The maximum absolute atomic E-state index is 12.2. The summed E-state index contributed by atoms with van der Waals surface area (Å²) >= 11 is 0. The number of amides is 2. The highest BCUT2D eigenvalue weighted by Gasteiger charge is 2.28. The molecule has 1 aromatic rings. The summed E-state index contributed by atoms with van der Waals surface area (Å²) in [5, 5.41) is 2.91. The number of methoxy groups -OCH3 is 1. The van der Waals surface area contributed by atoms with Crippen LogP contribution in [0.2, 0.25) is 0 Å². The second kappa shape index (κ2) is 6.57. The van der Waals surface area contributed by atoms with Gasteiger partial charge in [0.15, 0.2) is 0 Å². The van der Waals surface area contributed by atoms with Gasteiger partial charge >= 0.3 is 6.03 Å². The van der Waals surface area contributed by atoms with Crippen LogP contribution in [-0.4, -0.2) is 37.7 Å². The number of nitrogens with zero attached hydrogens (tertiary/aromatic N) is 1. The fourth-order valence-corrected chi connectivity index (χ4v) is 2.70. The van der Waals surface area contributed by atoms with E-state index in [0.29, 0.717) is 13.2 Å². The highest BCUT2D eigenvalue weighted by Crippen LogP contribution is 2.31. The van der Waals surface area contributed by atoms with Gasteiger partial charge in [-0.1, -0.05) is 31.2 Å². The molecule has 104 valence electrons. The highest BCUT2D eigenvalue weighted by atomic mass is 16.5. The summed E-state index contributed by atoms with van der Waals surface area (Å²) in [6.45, 7) is 4.02. The number of carbonyl (C=O) groups excluding carboxylic acids is 1. The summed E-state index contributed by atoms with van der Waals surface area (Å²) in [7, 11) is 1.64. The number of carbonyl (C=O) groups is 1. The molecule has 1 atom stereocenters. The van der Waals surface area contributed by atoms with E-state index >= 15 is 0 Å². The Kier molecular flexibility index (Phi) is 4.80.